The molecule has 0 fully saturated rings. The van der Waals surface area contributed by atoms with E-state index in [0.29, 0.717) is 10.7 Å². The molecule has 5 nitrogen and oxygen atoms in total. The molecular weight excluding hydrogens is 284 g/mol. The molecule has 21 heavy (non-hydrogen) atoms. The number of rotatable bonds is 3. The number of phenols is 1. The van der Waals surface area contributed by atoms with Crippen molar-refractivity contribution in [3.8, 4) is 16.3 Å². The summed E-state index contributed by atoms with van der Waals surface area (Å²) >= 11 is 1.33. The van der Waals surface area contributed by atoms with Crippen LogP contribution >= 0.6 is 11.3 Å². The van der Waals surface area contributed by atoms with Crippen molar-refractivity contribution in [2.75, 3.05) is 5.73 Å². The lowest BCUT2D eigenvalue weighted by molar-refractivity contribution is 0.474. The first kappa shape index (κ1) is 13.3. The summed E-state index contributed by atoms with van der Waals surface area (Å²) in [5, 5.41) is 18.7. The Morgan fingerprint density at radius 2 is 1.95 bits per heavy atom. The van der Waals surface area contributed by atoms with Gasteiger partial charge in [-0.1, -0.05) is 35.6 Å². The van der Waals surface area contributed by atoms with Crippen molar-refractivity contribution in [1.29, 1.82) is 0 Å². The molecule has 0 atom stereocenters. The third-order valence-electron chi connectivity index (χ3n) is 2.82. The summed E-state index contributed by atoms with van der Waals surface area (Å²) in [5.74, 6) is 0.203. The van der Waals surface area contributed by atoms with E-state index in [4.69, 9.17) is 5.73 Å². The molecule has 0 aliphatic heterocycles. The lowest BCUT2D eigenvalue weighted by atomic mass is 10.2. The Labute approximate surface area is 125 Å². The standard InChI is InChI=1S/C15H12N4OS/c16-15-19-18-14(21-15)10-5-3-6-12(8-10)17-9-11-4-1-2-7-13(11)20/h1-9,20H,(H2,16,19). The zero-order valence-electron chi connectivity index (χ0n) is 11.0. The molecule has 104 valence electrons. The van der Waals surface area contributed by atoms with Crippen molar-refractivity contribution in [2.24, 2.45) is 4.99 Å². The van der Waals surface area contributed by atoms with Crippen LogP contribution in [0, 0.1) is 0 Å². The summed E-state index contributed by atoms with van der Waals surface area (Å²) < 4.78 is 0. The number of phenolic OH excluding ortho intramolecular Hbond substituents is 1. The molecule has 0 unspecified atom stereocenters. The van der Waals surface area contributed by atoms with Crippen LogP contribution in [0.2, 0.25) is 0 Å². The predicted octanol–water partition coefficient (Wildman–Crippen LogP) is 3.24. The second kappa shape index (κ2) is 5.72. The van der Waals surface area contributed by atoms with Crippen molar-refractivity contribution in [1.82, 2.24) is 10.2 Å². The molecule has 3 N–H and O–H groups in total. The molecule has 3 rings (SSSR count). The number of aliphatic imine (C=N–C) groups is 1. The molecule has 0 aliphatic rings. The monoisotopic (exact) mass is 296 g/mol. The second-order valence-corrected chi connectivity index (χ2v) is 5.32. The Kier molecular flexibility index (Phi) is 3.61. The van der Waals surface area contributed by atoms with Gasteiger partial charge in [-0.25, -0.2) is 0 Å². The van der Waals surface area contributed by atoms with Gasteiger partial charge in [-0.05, 0) is 24.3 Å². The number of hydrogen-bond donors (Lipinski definition) is 2. The number of para-hydroxylation sites is 1. The summed E-state index contributed by atoms with van der Waals surface area (Å²) in [7, 11) is 0. The van der Waals surface area contributed by atoms with Crippen LogP contribution in [0.4, 0.5) is 10.8 Å². The molecule has 0 aliphatic carbocycles. The van der Waals surface area contributed by atoms with Gasteiger partial charge in [0, 0.05) is 17.3 Å². The third kappa shape index (κ3) is 3.06. The predicted molar refractivity (Wildman–Crippen MR) is 85.1 cm³/mol. The number of nitrogens with two attached hydrogens (primary N) is 1. The van der Waals surface area contributed by atoms with Crippen molar-refractivity contribution < 1.29 is 5.11 Å². The van der Waals surface area contributed by atoms with Crippen LogP contribution in [-0.4, -0.2) is 21.5 Å². The highest BCUT2D eigenvalue weighted by atomic mass is 32.1. The van der Waals surface area contributed by atoms with Gasteiger partial charge in [-0.2, -0.15) is 0 Å². The van der Waals surface area contributed by atoms with E-state index in [1.54, 1.807) is 24.4 Å². The zero-order valence-corrected chi connectivity index (χ0v) is 11.8. The Morgan fingerprint density at radius 3 is 2.71 bits per heavy atom. The van der Waals surface area contributed by atoms with E-state index in [0.717, 1.165) is 16.3 Å². The van der Waals surface area contributed by atoms with Crippen molar-refractivity contribution in [3.05, 3.63) is 54.1 Å². The fourth-order valence-corrected chi connectivity index (χ4v) is 2.42. The van der Waals surface area contributed by atoms with Crippen LogP contribution in [0.25, 0.3) is 10.6 Å². The van der Waals surface area contributed by atoms with E-state index in [2.05, 4.69) is 15.2 Å². The third-order valence-corrected chi connectivity index (χ3v) is 3.62. The van der Waals surface area contributed by atoms with Gasteiger partial charge in [0.15, 0.2) is 0 Å². The summed E-state index contributed by atoms with van der Waals surface area (Å²) in [6, 6.07) is 14.6. The Morgan fingerprint density at radius 1 is 1.10 bits per heavy atom. The summed E-state index contributed by atoms with van der Waals surface area (Å²) in [6.07, 6.45) is 1.63. The van der Waals surface area contributed by atoms with Gasteiger partial charge in [-0.15, -0.1) is 10.2 Å². The molecule has 0 spiro atoms. The number of aromatic hydroxyl groups is 1. The molecule has 0 saturated heterocycles. The first-order chi connectivity index (χ1) is 10.2. The first-order valence-corrected chi connectivity index (χ1v) is 7.05. The summed E-state index contributed by atoms with van der Waals surface area (Å²) in [5.41, 5.74) is 7.94. The van der Waals surface area contributed by atoms with Crippen molar-refractivity contribution >= 4 is 28.4 Å². The Balaban J connectivity index is 1.88. The average Bonchev–Trinajstić information content (AvgIpc) is 2.93. The lowest BCUT2D eigenvalue weighted by Crippen LogP contribution is -1.81. The molecular formula is C15H12N4OS. The maximum atomic E-state index is 9.70. The van der Waals surface area contributed by atoms with Crippen LogP contribution < -0.4 is 5.73 Å². The van der Waals surface area contributed by atoms with E-state index in [1.165, 1.54) is 11.3 Å². The van der Waals surface area contributed by atoms with Gasteiger partial charge in [0.1, 0.15) is 10.8 Å². The normalized spacial score (nSPS) is 11.0. The Bertz CT molecular complexity index is 798. The quantitative estimate of drug-likeness (QED) is 0.727. The SMILES string of the molecule is Nc1nnc(-c2cccc(N=Cc3ccccc3O)c2)s1. The molecule has 3 aromatic rings. The second-order valence-electron chi connectivity index (χ2n) is 4.31. The van der Waals surface area contributed by atoms with E-state index >= 15 is 0 Å². The van der Waals surface area contributed by atoms with Crippen LogP contribution in [0.3, 0.4) is 0 Å². The van der Waals surface area contributed by atoms with Gasteiger partial charge in [0.25, 0.3) is 0 Å². The molecule has 1 aromatic heterocycles. The van der Waals surface area contributed by atoms with E-state index in [-0.39, 0.29) is 5.75 Å². The smallest absolute Gasteiger partial charge is 0.203 e. The Hall–Kier alpha value is -2.73. The number of hydrogen-bond acceptors (Lipinski definition) is 6. The highest BCUT2D eigenvalue weighted by Crippen LogP contribution is 2.27. The van der Waals surface area contributed by atoms with Crippen LogP contribution in [0.15, 0.2) is 53.5 Å². The molecule has 1 heterocycles. The largest absolute Gasteiger partial charge is 0.507 e. The molecule has 0 saturated carbocycles. The van der Waals surface area contributed by atoms with Crippen LogP contribution in [-0.2, 0) is 0 Å². The van der Waals surface area contributed by atoms with Gasteiger partial charge >= 0.3 is 0 Å². The minimum absolute atomic E-state index is 0.203. The van der Waals surface area contributed by atoms with Crippen molar-refractivity contribution in [2.45, 2.75) is 0 Å². The number of anilines is 1. The minimum atomic E-state index is 0.203. The van der Waals surface area contributed by atoms with Gasteiger partial charge < -0.3 is 10.8 Å². The molecule has 0 bridgehead atoms. The number of nitrogen functional groups attached to an aromatic ring is 1. The lowest BCUT2D eigenvalue weighted by Gasteiger charge is -1.99. The van der Waals surface area contributed by atoms with Gasteiger partial charge in [-0.3, -0.25) is 4.99 Å². The minimum Gasteiger partial charge on any atom is -0.507 e. The van der Waals surface area contributed by atoms with Gasteiger partial charge in [0.05, 0.1) is 5.69 Å². The molecule has 6 heteroatoms. The molecule has 2 aromatic carbocycles. The maximum Gasteiger partial charge on any atom is 0.203 e. The van der Waals surface area contributed by atoms with Crippen LogP contribution in [0.1, 0.15) is 5.56 Å². The molecule has 0 amide bonds. The van der Waals surface area contributed by atoms with E-state index in [9.17, 15) is 5.11 Å². The fraction of sp³-hybridized carbons (Fsp3) is 0. The van der Waals surface area contributed by atoms with E-state index in [1.807, 2.05) is 30.3 Å². The highest BCUT2D eigenvalue weighted by molar-refractivity contribution is 7.18. The maximum absolute atomic E-state index is 9.70. The van der Waals surface area contributed by atoms with Gasteiger partial charge in [0.2, 0.25) is 5.13 Å². The fourth-order valence-electron chi connectivity index (χ4n) is 1.81. The number of benzene rings is 2. The zero-order chi connectivity index (χ0) is 14.7. The summed E-state index contributed by atoms with van der Waals surface area (Å²) in [6.45, 7) is 0. The highest BCUT2D eigenvalue weighted by Gasteiger charge is 2.04. The number of nitrogens with zero attached hydrogens (tertiary/aromatic N) is 3. The first-order valence-electron chi connectivity index (χ1n) is 6.24. The van der Waals surface area contributed by atoms with E-state index < -0.39 is 0 Å². The average molecular weight is 296 g/mol. The van der Waals surface area contributed by atoms with Crippen LogP contribution in [0.5, 0.6) is 5.75 Å². The molecule has 0 radical (unpaired) electrons. The van der Waals surface area contributed by atoms with Crippen molar-refractivity contribution in [3.63, 3.8) is 0 Å². The summed E-state index contributed by atoms with van der Waals surface area (Å²) in [4.78, 5) is 4.37. The topological polar surface area (TPSA) is 84.4 Å². The number of aromatic nitrogens is 2.